The van der Waals surface area contributed by atoms with Crippen LogP contribution in [0.2, 0.25) is 5.02 Å². The fourth-order valence-corrected chi connectivity index (χ4v) is 5.45. The smallest absolute Gasteiger partial charge is 0.174 e. The molecule has 0 amide bonds. The molecule has 0 spiro atoms. The molecule has 0 aliphatic carbocycles. The van der Waals surface area contributed by atoms with Gasteiger partial charge >= 0.3 is 0 Å². The van der Waals surface area contributed by atoms with Crippen molar-refractivity contribution in [2.45, 2.75) is 32.9 Å². The van der Waals surface area contributed by atoms with Crippen molar-refractivity contribution in [1.82, 2.24) is 14.9 Å². The number of nitrogens with one attached hydrogen (secondary N) is 1. The maximum absolute atomic E-state index is 6.33. The van der Waals surface area contributed by atoms with Gasteiger partial charge in [-0.05, 0) is 99.2 Å². The Morgan fingerprint density at radius 2 is 1.80 bits per heavy atom. The van der Waals surface area contributed by atoms with Crippen molar-refractivity contribution in [3.63, 3.8) is 0 Å². The standard InChI is InChI=1S/C28H27ClN4OS/c1-4-34-23-13-11-21(12-14-23)33-27(26(31-28(33)35)25-10-5-6-15-30-25)24-16-18(2)32(19(24)3)22-9-7-8-20(29)17-22/h5-17,26-27H,4H2,1-3H3,(H,31,35)/t26-,27+/m1/s1. The van der Waals surface area contributed by atoms with Gasteiger partial charge < -0.3 is 19.5 Å². The van der Waals surface area contributed by atoms with Crippen LogP contribution in [0.5, 0.6) is 5.75 Å². The Kier molecular flexibility index (Phi) is 6.50. The number of anilines is 1. The van der Waals surface area contributed by atoms with Crippen LogP contribution in [0, 0.1) is 13.8 Å². The Morgan fingerprint density at radius 3 is 2.49 bits per heavy atom. The number of halogens is 1. The first kappa shape index (κ1) is 23.4. The van der Waals surface area contributed by atoms with E-state index >= 15 is 0 Å². The minimum absolute atomic E-state index is 0.0884. The molecule has 0 radical (unpaired) electrons. The van der Waals surface area contributed by atoms with Gasteiger partial charge in [0, 0.05) is 34.0 Å². The van der Waals surface area contributed by atoms with Gasteiger partial charge in [-0.25, -0.2) is 0 Å². The number of thiocarbonyl (C=S) groups is 1. The van der Waals surface area contributed by atoms with Crippen molar-refractivity contribution >= 4 is 34.6 Å². The summed E-state index contributed by atoms with van der Waals surface area (Å²) in [6, 6.07) is 24.1. The molecule has 0 bridgehead atoms. The molecular weight excluding hydrogens is 476 g/mol. The SMILES string of the molecule is CCOc1ccc(N2C(=S)N[C@H](c3ccccn3)[C@@H]2c2cc(C)n(-c3cccc(Cl)c3)c2C)cc1. The molecule has 178 valence electrons. The van der Waals surface area contributed by atoms with Crippen molar-refractivity contribution in [2.75, 3.05) is 11.5 Å². The third-order valence-electron chi connectivity index (χ3n) is 6.38. The molecule has 5 rings (SSSR count). The summed E-state index contributed by atoms with van der Waals surface area (Å²) in [6.45, 7) is 6.88. The van der Waals surface area contributed by atoms with E-state index in [-0.39, 0.29) is 12.1 Å². The van der Waals surface area contributed by atoms with Gasteiger partial charge in [-0.1, -0.05) is 23.7 Å². The molecule has 4 aromatic rings. The topological polar surface area (TPSA) is 42.3 Å². The van der Waals surface area contributed by atoms with Crippen LogP contribution >= 0.6 is 23.8 Å². The number of rotatable bonds is 6. The average Bonchev–Trinajstić information content (AvgIpc) is 3.35. The van der Waals surface area contributed by atoms with E-state index in [4.69, 9.17) is 28.6 Å². The number of ether oxygens (including phenoxy) is 1. The Hall–Kier alpha value is -3.35. The molecule has 35 heavy (non-hydrogen) atoms. The van der Waals surface area contributed by atoms with Gasteiger partial charge in [0.25, 0.3) is 0 Å². The minimum atomic E-state index is -0.108. The highest BCUT2D eigenvalue weighted by molar-refractivity contribution is 7.80. The molecule has 3 heterocycles. The first-order chi connectivity index (χ1) is 17.0. The van der Waals surface area contributed by atoms with E-state index in [1.165, 1.54) is 5.56 Å². The van der Waals surface area contributed by atoms with E-state index in [1.54, 1.807) is 0 Å². The molecular formula is C28H27ClN4OS. The van der Waals surface area contributed by atoms with Crippen molar-refractivity contribution in [3.05, 3.63) is 107 Å². The van der Waals surface area contributed by atoms with E-state index in [1.807, 2.05) is 61.7 Å². The van der Waals surface area contributed by atoms with Crippen LogP contribution in [0.25, 0.3) is 5.69 Å². The molecule has 1 N–H and O–H groups in total. The summed E-state index contributed by atoms with van der Waals surface area (Å²) in [4.78, 5) is 6.86. The van der Waals surface area contributed by atoms with E-state index in [0.717, 1.165) is 34.2 Å². The molecule has 2 atom stereocenters. The maximum atomic E-state index is 6.33. The molecule has 1 fully saturated rings. The number of aromatic nitrogens is 2. The van der Waals surface area contributed by atoms with Gasteiger partial charge in [-0.2, -0.15) is 0 Å². The number of benzene rings is 2. The number of hydrogen-bond acceptors (Lipinski definition) is 3. The summed E-state index contributed by atoms with van der Waals surface area (Å²) in [7, 11) is 0. The maximum Gasteiger partial charge on any atom is 0.174 e. The van der Waals surface area contributed by atoms with Crippen molar-refractivity contribution in [1.29, 1.82) is 0 Å². The van der Waals surface area contributed by atoms with Crippen molar-refractivity contribution in [2.24, 2.45) is 0 Å². The zero-order valence-corrected chi connectivity index (χ0v) is 21.5. The lowest BCUT2D eigenvalue weighted by Gasteiger charge is -2.28. The normalized spacial score (nSPS) is 17.5. The summed E-state index contributed by atoms with van der Waals surface area (Å²) in [6.07, 6.45) is 1.83. The fraction of sp³-hybridized carbons (Fsp3) is 0.214. The molecule has 1 aliphatic rings. The molecule has 2 aromatic heterocycles. The summed E-state index contributed by atoms with van der Waals surface area (Å²) in [5, 5.41) is 4.92. The monoisotopic (exact) mass is 502 g/mol. The van der Waals surface area contributed by atoms with E-state index in [0.29, 0.717) is 16.7 Å². The van der Waals surface area contributed by atoms with Gasteiger partial charge in [0.05, 0.1) is 24.4 Å². The highest BCUT2D eigenvalue weighted by Gasteiger charge is 2.42. The molecule has 0 saturated carbocycles. The summed E-state index contributed by atoms with van der Waals surface area (Å²) < 4.78 is 7.90. The second-order valence-electron chi connectivity index (χ2n) is 8.57. The second kappa shape index (κ2) is 9.72. The van der Waals surface area contributed by atoms with Gasteiger partial charge in [0.2, 0.25) is 0 Å². The summed E-state index contributed by atoms with van der Waals surface area (Å²) in [5.74, 6) is 0.839. The van der Waals surface area contributed by atoms with Crippen LogP contribution in [-0.4, -0.2) is 21.3 Å². The first-order valence-electron chi connectivity index (χ1n) is 11.7. The Bertz CT molecular complexity index is 1350. The Labute approximate surface area is 216 Å². The molecule has 1 saturated heterocycles. The van der Waals surface area contributed by atoms with Crippen LogP contribution in [0.4, 0.5) is 5.69 Å². The lowest BCUT2D eigenvalue weighted by Crippen LogP contribution is -2.29. The van der Waals surface area contributed by atoms with E-state index < -0.39 is 0 Å². The largest absolute Gasteiger partial charge is 0.494 e. The minimum Gasteiger partial charge on any atom is -0.494 e. The van der Waals surface area contributed by atoms with Gasteiger partial charge in [-0.3, -0.25) is 4.98 Å². The lowest BCUT2D eigenvalue weighted by atomic mass is 9.96. The Morgan fingerprint density at radius 1 is 1.00 bits per heavy atom. The first-order valence-corrected chi connectivity index (χ1v) is 12.4. The third-order valence-corrected chi connectivity index (χ3v) is 6.93. The van der Waals surface area contributed by atoms with Gasteiger partial charge in [-0.15, -0.1) is 0 Å². The van der Waals surface area contributed by atoms with Crippen LogP contribution in [0.1, 0.15) is 41.7 Å². The van der Waals surface area contributed by atoms with Crippen LogP contribution < -0.4 is 15.0 Å². The van der Waals surface area contributed by atoms with E-state index in [2.05, 4.69) is 57.9 Å². The fourth-order valence-electron chi connectivity index (χ4n) is 4.92. The number of aryl methyl sites for hydroxylation is 1. The quantitative estimate of drug-likeness (QED) is 0.296. The molecule has 0 unspecified atom stereocenters. The predicted octanol–water partition coefficient (Wildman–Crippen LogP) is 6.72. The average molecular weight is 503 g/mol. The lowest BCUT2D eigenvalue weighted by molar-refractivity contribution is 0.340. The van der Waals surface area contributed by atoms with Crippen molar-refractivity contribution in [3.8, 4) is 11.4 Å². The predicted molar refractivity (Wildman–Crippen MR) is 146 cm³/mol. The van der Waals surface area contributed by atoms with Gasteiger partial charge in [0.1, 0.15) is 5.75 Å². The van der Waals surface area contributed by atoms with Crippen LogP contribution in [-0.2, 0) is 0 Å². The number of nitrogens with zero attached hydrogens (tertiary/aromatic N) is 3. The molecule has 1 aliphatic heterocycles. The number of pyridine rings is 1. The summed E-state index contributed by atoms with van der Waals surface area (Å²) >= 11 is 12.2. The number of hydrogen-bond donors (Lipinski definition) is 1. The van der Waals surface area contributed by atoms with Gasteiger partial charge in [0.15, 0.2) is 5.11 Å². The molecule has 5 nitrogen and oxygen atoms in total. The highest BCUT2D eigenvalue weighted by Crippen LogP contribution is 2.44. The van der Waals surface area contributed by atoms with E-state index in [9.17, 15) is 0 Å². The van der Waals surface area contributed by atoms with Crippen LogP contribution in [0.15, 0.2) is 79.0 Å². The Balaban J connectivity index is 1.64. The molecule has 7 heteroatoms. The highest BCUT2D eigenvalue weighted by atomic mass is 35.5. The third kappa shape index (κ3) is 4.40. The second-order valence-corrected chi connectivity index (χ2v) is 9.39. The van der Waals surface area contributed by atoms with Crippen molar-refractivity contribution < 1.29 is 4.74 Å². The zero-order chi connectivity index (χ0) is 24.5. The summed E-state index contributed by atoms with van der Waals surface area (Å²) in [5.41, 5.74) is 6.43. The zero-order valence-electron chi connectivity index (χ0n) is 19.9. The van der Waals surface area contributed by atoms with Crippen LogP contribution in [0.3, 0.4) is 0 Å². The molecule has 2 aromatic carbocycles.